The summed E-state index contributed by atoms with van der Waals surface area (Å²) in [6, 6.07) is -0.208. The number of ether oxygens (including phenoxy) is 1. The summed E-state index contributed by atoms with van der Waals surface area (Å²) in [7, 11) is 1.40. The maximum atomic E-state index is 13.6. The van der Waals surface area contributed by atoms with E-state index in [0.29, 0.717) is 18.3 Å². The van der Waals surface area contributed by atoms with Crippen molar-refractivity contribution in [3.05, 3.63) is 17.5 Å². The molecule has 0 saturated heterocycles. The predicted molar refractivity (Wildman–Crippen MR) is 93.5 cm³/mol. The van der Waals surface area contributed by atoms with E-state index in [4.69, 9.17) is 4.74 Å². The smallest absolute Gasteiger partial charge is 0.390 e. The number of nitrogens with zero attached hydrogens (tertiary/aromatic N) is 2. The van der Waals surface area contributed by atoms with Crippen LogP contribution in [-0.4, -0.2) is 46.2 Å². The van der Waals surface area contributed by atoms with Crippen LogP contribution >= 0.6 is 0 Å². The van der Waals surface area contributed by atoms with Crippen molar-refractivity contribution in [1.29, 1.82) is 0 Å². The van der Waals surface area contributed by atoms with Gasteiger partial charge in [0.2, 0.25) is 0 Å². The maximum Gasteiger partial charge on any atom is 0.433 e. The quantitative estimate of drug-likeness (QED) is 0.795. The number of alkyl halides is 3. The van der Waals surface area contributed by atoms with E-state index in [1.54, 1.807) is 0 Å². The summed E-state index contributed by atoms with van der Waals surface area (Å²) < 4.78 is 46.4. The van der Waals surface area contributed by atoms with E-state index in [0.717, 1.165) is 43.0 Å². The zero-order valence-corrected chi connectivity index (χ0v) is 15.8. The fraction of sp³-hybridized carbons (Fsp3) is 0.789. The first-order valence-electron chi connectivity index (χ1n) is 9.85. The molecule has 1 aromatic heterocycles. The Balaban J connectivity index is 1.55. The highest BCUT2D eigenvalue weighted by molar-refractivity contribution is 5.95. The third-order valence-electron chi connectivity index (χ3n) is 6.75. The fourth-order valence-corrected chi connectivity index (χ4v) is 5.75. The summed E-state index contributed by atoms with van der Waals surface area (Å²) in [5, 5.41) is 17.4. The highest BCUT2D eigenvalue weighted by atomic mass is 19.4. The average molecular weight is 401 g/mol. The number of nitrogens with one attached hydrogen (secondary N) is 1. The van der Waals surface area contributed by atoms with Crippen molar-refractivity contribution in [2.45, 2.75) is 62.9 Å². The number of hydrogen-bond acceptors (Lipinski definition) is 4. The topological polar surface area (TPSA) is 76.4 Å². The van der Waals surface area contributed by atoms with Crippen LogP contribution in [0.25, 0.3) is 0 Å². The molecule has 156 valence electrons. The van der Waals surface area contributed by atoms with Crippen molar-refractivity contribution in [3.8, 4) is 0 Å². The fourth-order valence-electron chi connectivity index (χ4n) is 5.75. The average Bonchev–Trinajstić information content (AvgIpc) is 3.11. The highest BCUT2D eigenvalue weighted by Crippen LogP contribution is 2.55. The van der Waals surface area contributed by atoms with Gasteiger partial charge in [-0.2, -0.15) is 18.3 Å². The summed E-state index contributed by atoms with van der Waals surface area (Å²) in [6.45, 7) is -0.0143. The Morgan fingerprint density at radius 3 is 2.89 bits per heavy atom. The van der Waals surface area contributed by atoms with Gasteiger partial charge < -0.3 is 15.2 Å². The first kappa shape index (κ1) is 19.7. The van der Waals surface area contributed by atoms with Gasteiger partial charge in [0, 0.05) is 13.2 Å². The number of aliphatic hydroxyl groups is 1. The van der Waals surface area contributed by atoms with Crippen LogP contribution in [0, 0.1) is 17.8 Å². The van der Waals surface area contributed by atoms with Gasteiger partial charge in [0.05, 0.1) is 30.5 Å². The number of rotatable bonds is 5. The molecule has 9 heteroatoms. The van der Waals surface area contributed by atoms with Crippen molar-refractivity contribution < 1.29 is 27.8 Å². The van der Waals surface area contributed by atoms with Crippen molar-refractivity contribution in [2.75, 3.05) is 13.7 Å². The molecule has 0 aliphatic heterocycles. The molecule has 3 bridgehead atoms. The molecule has 1 aromatic rings. The summed E-state index contributed by atoms with van der Waals surface area (Å²) in [5.74, 6) is 0.162. The molecule has 5 atom stereocenters. The molecule has 28 heavy (non-hydrogen) atoms. The summed E-state index contributed by atoms with van der Waals surface area (Å²) in [5.41, 5.74) is -2.16. The largest absolute Gasteiger partial charge is 0.433 e. The van der Waals surface area contributed by atoms with E-state index in [-0.39, 0.29) is 25.1 Å². The molecule has 3 fully saturated rings. The summed E-state index contributed by atoms with van der Waals surface area (Å²) in [6.07, 6.45) is 1.15. The van der Waals surface area contributed by atoms with Crippen LogP contribution in [0.2, 0.25) is 0 Å². The molecule has 0 spiro atoms. The van der Waals surface area contributed by atoms with E-state index >= 15 is 0 Å². The van der Waals surface area contributed by atoms with Gasteiger partial charge in [-0.25, -0.2) is 0 Å². The zero-order valence-electron chi connectivity index (χ0n) is 15.8. The van der Waals surface area contributed by atoms with E-state index in [9.17, 15) is 23.1 Å². The zero-order chi connectivity index (χ0) is 20.1. The third kappa shape index (κ3) is 3.54. The van der Waals surface area contributed by atoms with Gasteiger partial charge in [0.15, 0.2) is 5.69 Å². The summed E-state index contributed by atoms with van der Waals surface area (Å²) >= 11 is 0. The van der Waals surface area contributed by atoms with Crippen LogP contribution in [0.1, 0.15) is 54.6 Å². The molecule has 3 unspecified atom stereocenters. The third-order valence-corrected chi connectivity index (χ3v) is 6.75. The number of hydrogen-bond donors (Lipinski definition) is 2. The standard InChI is InChI=1S/C19H26F3N3O3/c1-28-5-4-25-16(19(20,21)22)14(10-23-25)17(26)24-15-3-2-11-6-12-8-18(27,7-11)9-13(12)15/h10-13,15,27H,2-9H2,1H3,(H,24,26)/t11?,12?,13?,15-,18-/m0/s1. The van der Waals surface area contributed by atoms with Crippen LogP contribution in [0.3, 0.4) is 0 Å². The van der Waals surface area contributed by atoms with Crippen LogP contribution in [0.4, 0.5) is 13.2 Å². The number of carbonyl (C=O) groups excluding carboxylic acids is 1. The lowest BCUT2D eigenvalue weighted by Crippen LogP contribution is -2.42. The lowest BCUT2D eigenvalue weighted by Gasteiger charge is -2.33. The second-order valence-corrected chi connectivity index (χ2v) is 8.64. The predicted octanol–water partition coefficient (Wildman–Crippen LogP) is 2.61. The molecule has 4 rings (SSSR count). The molecular weight excluding hydrogens is 375 g/mol. The van der Waals surface area contributed by atoms with Gasteiger partial charge >= 0.3 is 6.18 Å². The SMILES string of the molecule is COCCn1ncc(C(=O)N[C@H]2CCC3CC4C[C@@](O)(C3)CC42)c1C(F)(F)F. The van der Waals surface area contributed by atoms with Gasteiger partial charge in [-0.15, -0.1) is 0 Å². The molecule has 0 aromatic carbocycles. The van der Waals surface area contributed by atoms with Crippen molar-refractivity contribution >= 4 is 5.91 Å². The van der Waals surface area contributed by atoms with E-state index in [1.165, 1.54) is 7.11 Å². The number of aromatic nitrogens is 2. The summed E-state index contributed by atoms with van der Waals surface area (Å²) in [4.78, 5) is 12.8. The molecule has 3 aliphatic carbocycles. The van der Waals surface area contributed by atoms with E-state index < -0.39 is 28.9 Å². The lowest BCUT2D eigenvalue weighted by atomic mass is 9.77. The van der Waals surface area contributed by atoms with Crippen LogP contribution in [0.15, 0.2) is 6.20 Å². The Labute approximate surface area is 161 Å². The number of carbonyl (C=O) groups is 1. The van der Waals surface area contributed by atoms with Crippen LogP contribution in [0.5, 0.6) is 0 Å². The van der Waals surface area contributed by atoms with Crippen molar-refractivity contribution in [2.24, 2.45) is 17.8 Å². The molecule has 3 aliphatic rings. The Bertz CT molecular complexity index is 751. The first-order chi connectivity index (χ1) is 13.2. The van der Waals surface area contributed by atoms with Gasteiger partial charge in [0.25, 0.3) is 5.91 Å². The minimum absolute atomic E-state index is 0.0676. The van der Waals surface area contributed by atoms with Crippen molar-refractivity contribution in [3.63, 3.8) is 0 Å². The highest BCUT2D eigenvalue weighted by Gasteiger charge is 2.53. The molecule has 3 saturated carbocycles. The Hall–Kier alpha value is -1.61. The minimum Gasteiger partial charge on any atom is -0.390 e. The van der Waals surface area contributed by atoms with Gasteiger partial charge in [-0.3, -0.25) is 9.48 Å². The first-order valence-corrected chi connectivity index (χ1v) is 9.85. The molecule has 0 radical (unpaired) electrons. The van der Waals surface area contributed by atoms with Crippen LogP contribution in [-0.2, 0) is 17.5 Å². The number of halogens is 3. The maximum absolute atomic E-state index is 13.6. The molecule has 6 nitrogen and oxygen atoms in total. The second-order valence-electron chi connectivity index (χ2n) is 8.64. The molecular formula is C19H26F3N3O3. The lowest BCUT2D eigenvalue weighted by molar-refractivity contribution is -0.144. The number of fused-ring (bicyclic) bond motifs is 2. The monoisotopic (exact) mass is 401 g/mol. The van der Waals surface area contributed by atoms with Crippen LogP contribution < -0.4 is 5.32 Å². The van der Waals surface area contributed by atoms with Gasteiger partial charge in [0.1, 0.15) is 0 Å². The van der Waals surface area contributed by atoms with Gasteiger partial charge in [-0.05, 0) is 56.3 Å². The second kappa shape index (κ2) is 7.02. The van der Waals surface area contributed by atoms with E-state index in [1.807, 2.05) is 0 Å². The van der Waals surface area contributed by atoms with E-state index in [2.05, 4.69) is 10.4 Å². The number of methoxy groups -OCH3 is 1. The normalized spacial score (nSPS) is 34.5. The van der Waals surface area contributed by atoms with Crippen molar-refractivity contribution in [1.82, 2.24) is 15.1 Å². The van der Waals surface area contributed by atoms with Gasteiger partial charge in [-0.1, -0.05) is 0 Å². The Morgan fingerprint density at radius 2 is 2.18 bits per heavy atom. The molecule has 1 amide bonds. The number of amides is 1. The Morgan fingerprint density at radius 1 is 1.39 bits per heavy atom. The molecule has 2 N–H and O–H groups in total. The Kier molecular flexibility index (Phi) is 4.94. The molecule has 1 heterocycles. The minimum atomic E-state index is -4.69.